The Morgan fingerprint density at radius 1 is 1.32 bits per heavy atom. The molecule has 11 heteroatoms. The van der Waals surface area contributed by atoms with E-state index in [9.17, 15) is 4.79 Å². The van der Waals surface area contributed by atoms with Crippen molar-refractivity contribution in [3.63, 3.8) is 0 Å². The van der Waals surface area contributed by atoms with E-state index in [2.05, 4.69) is 30.7 Å². The van der Waals surface area contributed by atoms with Crippen LogP contribution in [0, 0.1) is 0 Å². The summed E-state index contributed by atoms with van der Waals surface area (Å²) in [5, 5.41) is 19.9. The summed E-state index contributed by atoms with van der Waals surface area (Å²) >= 11 is 2.59. The highest BCUT2D eigenvalue weighted by Crippen LogP contribution is 2.23. The molecule has 0 aromatic carbocycles. The van der Waals surface area contributed by atoms with Gasteiger partial charge in [-0.1, -0.05) is 23.1 Å². The van der Waals surface area contributed by atoms with Gasteiger partial charge in [-0.05, 0) is 19.1 Å². The topological polar surface area (TPSA) is 133 Å². The lowest BCUT2D eigenvalue weighted by Gasteiger charge is -2.09. The number of anilines is 1. The average Bonchev–Trinajstić information content (AvgIpc) is 3.25. The minimum Gasteiger partial charge on any atom is -0.411 e. The molecule has 0 unspecified atom stereocenters. The van der Waals surface area contributed by atoms with Gasteiger partial charge < -0.3 is 15.5 Å². The van der Waals surface area contributed by atoms with Gasteiger partial charge in [0.05, 0.1) is 6.04 Å². The van der Waals surface area contributed by atoms with Gasteiger partial charge >= 0.3 is 0 Å². The zero-order valence-electron chi connectivity index (χ0n) is 13.2. The Hall–Kier alpha value is -2.53. The molecule has 9 nitrogen and oxygen atoms in total. The van der Waals surface area contributed by atoms with E-state index in [0.29, 0.717) is 33.4 Å². The van der Waals surface area contributed by atoms with E-state index >= 15 is 0 Å². The van der Waals surface area contributed by atoms with Crippen molar-refractivity contribution in [1.82, 2.24) is 30.7 Å². The molecular weight excluding hydrogens is 362 g/mol. The zero-order chi connectivity index (χ0) is 17.6. The van der Waals surface area contributed by atoms with Crippen molar-refractivity contribution in [3.05, 3.63) is 29.5 Å². The predicted octanol–water partition coefficient (Wildman–Crippen LogP) is 1.92. The van der Waals surface area contributed by atoms with Crippen molar-refractivity contribution in [2.75, 3.05) is 11.5 Å². The summed E-state index contributed by atoms with van der Waals surface area (Å²) in [5.41, 5.74) is 6.34. The quantitative estimate of drug-likeness (QED) is 0.592. The number of hydrogen-bond acceptors (Lipinski definition) is 10. The summed E-state index contributed by atoms with van der Waals surface area (Å²) in [5.74, 6) is 0.855. The van der Waals surface area contributed by atoms with Gasteiger partial charge in [-0.2, -0.15) is 0 Å². The van der Waals surface area contributed by atoms with Crippen molar-refractivity contribution in [3.8, 4) is 11.5 Å². The molecule has 1 amide bonds. The van der Waals surface area contributed by atoms with Crippen LogP contribution in [0.2, 0.25) is 0 Å². The van der Waals surface area contributed by atoms with Gasteiger partial charge in [0, 0.05) is 30.1 Å². The van der Waals surface area contributed by atoms with E-state index < -0.39 is 0 Å². The molecule has 0 saturated carbocycles. The summed E-state index contributed by atoms with van der Waals surface area (Å²) in [6.45, 7) is 1.84. The first-order valence-electron chi connectivity index (χ1n) is 7.37. The summed E-state index contributed by atoms with van der Waals surface area (Å²) in [6.07, 6.45) is 3.63. The Kier molecular flexibility index (Phi) is 5.56. The zero-order valence-corrected chi connectivity index (χ0v) is 14.9. The summed E-state index contributed by atoms with van der Waals surface area (Å²) in [7, 11) is 0. The first-order valence-corrected chi connectivity index (χ1v) is 9.17. The molecule has 3 aromatic rings. The lowest BCUT2D eigenvalue weighted by Crippen LogP contribution is -2.26. The Balaban J connectivity index is 1.45. The van der Waals surface area contributed by atoms with Gasteiger partial charge in [0.1, 0.15) is 5.01 Å². The van der Waals surface area contributed by atoms with E-state index in [1.54, 1.807) is 24.5 Å². The van der Waals surface area contributed by atoms with E-state index in [-0.39, 0.29) is 11.9 Å². The minimum atomic E-state index is -0.228. The number of pyridine rings is 1. The van der Waals surface area contributed by atoms with Crippen LogP contribution in [0.15, 0.2) is 34.2 Å². The first kappa shape index (κ1) is 17.3. The van der Waals surface area contributed by atoms with Crippen molar-refractivity contribution < 1.29 is 9.21 Å². The van der Waals surface area contributed by atoms with Gasteiger partial charge in [-0.3, -0.25) is 9.78 Å². The Bertz CT molecular complexity index is 837. The highest BCUT2D eigenvalue weighted by Gasteiger charge is 2.14. The van der Waals surface area contributed by atoms with Crippen LogP contribution in [-0.2, 0) is 4.79 Å². The van der Waals surface area contributed by atoms with Crippen LogP contribution in [0.3, 0.4) is 0 Å². The standard InChI is InChI=1S/C14H15N7O2S2/c1-8(12-19-20-13(15)25-12)17-10(22)4-7-24-14-21-18-11(23-14)9-2-5-16-6-3-9/h2-3,5-6,8H,4,7H2,1H3,(H2,15,20)(H,17,22)/t8-/m1/s1. The number of thioether (sulfide) groups is 1. The van der Waals surface area contributed by atoms with Crippen LogP contribution in [0.25, 0.3) is 11.5 Å². The molecule has 3 aromatic heterocycles. The molecule has 1 atom stereocenters. The monoisotopic (exact) mass is 377 g/mol. The third kappa shape index (κ3) is 4.73. The van der Waals surface area contributed by atoms with E-state index in [1.165, 1.54) is 23.1 Å². The third-order valence-corrected chi connectivity index (χ3v) is 4.85. The SMILES string of the molecule is C[C@@H](NC(=O)CCSc1nnc(-c2ccncc2)o1)c1nnc(N)s1. The molecule has 0 aliphatic heterocycles. The summed E-state index contributed by atoms with van der Waals surface area (Å²) < 4.78 is 5.56. The lowest BCUT2D eigenvalue weighted by molar-refractivity contribution is -0.121. The van der Waals surface area contributed by atoms with Gasteiger partial charge in [-0.15, -0.1) is 20.4 Å². The smallest absolute Gasteiger partial charge is 0.276 e. The fourth-order valence-electron chi connectivity index (χ4n) is 1.91. The number of nitrogens with two attached hydrogens (primary N) is 1. The molecule has 0 saturated heterocycles. The number of nitrogen functional groups attached to an aromatic ring is 1. The predicted molar refractivity (Wildman–Crippen MR) is 93.7 cm³/mol. The average molecular weight is 377 g/mol. The first-order chi connectivity index (χ1) is 12.1. The second-order valence-corrected chi connectivity index (χ2v) is 7.06. The number of amides is 1. The number of aromatic nitrogens is 5. The third-order valence-electron chi connectivity index (χ3n) is 3.09. The molecule has 0 spiro atoms. The second-order valence-electron chi connectivity index (χ2n) is 4.98. The molecule has 25 heavy (non-hydrogen) atoms. The van der Waals surface area contributed by atoms with Crippen molar-refractivity contribution in [1.29, 1.82) is 0 Å². The van der Waals surface area contributed by atoms with Gasteiger partial charge in [0.15, 0.2) is 0 Å². The van der Waals surface area contributed by atoms with Gasteiger partial charge in [0.2, 0.25) is 16.9 Å². The van der Waals surface area contributed by atoms with E-state index in [0.717, 1.165) is 5.56 Å². The van der Waals surface area contributed by atoms with Crippen molar-refractivity contribution >= 4 is 34.1 Å². The molecule has 0 bridgehead atoms. The van der Waals surface area contributed by atoms with E-state index in [4.69, 9.17) is 10.2 Å². The highest BCUT2D eigenvalue weighted by atomic mass is 32.2. The number of nitrogens with zero attached hydrogens (tertiary/aromatic N) is 5. The molecular formula is C14H15N7O2S2. The Labute approximate surface area is 151 Å². The normalized spacial score (nSPS) is 12.0. The summed E-state index contributed by atoms with van der Waals surface area (Å²) in [6, 6.07) is 3.35. The molecule has 3 N–H and O–H groups in total. The lowest BCUT2D eigenvalue weighted by atomic mass is 10.3. The fraction of sp³-hybridized carbons (Fsp3) is 0.286. The maximum atomic E-state index is 12.0. The van der Waals surface area contributed by atoms with E-state index in [1.807, 2.05) is 6.92 Å². The van der Waals surface area contributed by atoms with Crippen LogP contribution in [0.4, 0.5) is 5.13 Å². The number of carbonyl (C=O) groups is 1. The number of rotatable bonds is 7. The Morgan fingerprint density at radius 2 is 2.12 bits per heavy atom. The molecule has 0 aliphatic carbocycles. The fourth-order valence-corrected chi connectivity index (χ4v) is 3.22. The van der Waals surface area contributed by atoms with Crippen molar-refractivity contribution in [2.24, 2.45) is 0 Å². The molecule has 3 heterocycles. The molecule has 130 valence electrons. The highest BCUT2D eigenvalue weighted by molar-refractivity contribution is 7.99. The van der Waals surface area contributed by atoms with Gasteiger partial charge in [-0.25, -0.2) is 0 Å². The largest absolute Gasteiger partial charge is 0.411 e. The summed E-state index contributed by atoms with van der Waals surface area (Å²) in [4.78, 5) is 15.9. The number of carbonyl (C=O) groups excluding carboxylic acids is 1. The maximum Gasteiger partial charge on any atom is 0.276 e. The number of hydrogen-bond donors (Lipinski definition) is 2. The molecule has 0 aliphatic rings. The van der Waals surface area contributed by atoms with Gasteiger partial charge in [0.25, 0.3) is 5.22 Å². The Morgan fingerprint density at radius 3 is 2.84 bits per heavy atom. The number of nitrogens with one attached hydrogen (secondary N) is 1. The molecule has 3 rings (SSSR count). The van der Waals surface area contributed by atoms with Crippen LogP contribution in [-0.4, -0.2) is 37.0 Å². The van der Waals surface area contributed by atoms with Crippen LogP contribution in [0.5, 0.6) is 0 Å². The maximum absolute atomic E-state index is 12.0. The van der Waals surface area contributed by atoms with Crippen molar-refractivity contribution in [2.45, 2.75) is 24.6 Å². The van der Waals surface area contributed by atoms with Crippen LogP contribution >= 0.6 is 23.1 Å². The van der Waals surface area contributed by atoms with Crippen LogP contribution < -0.4 is 11.1 Å². The molecule has 0 fully saturated rings. The molecule has 0 radical (unpaired) electrons. The second kappa shape index (κ2) is 8.03. The van der Waals surface area contributed by atoms with Crippen LogP contribution in [0.1, 0.15) is 24.4 Å². The minimum absolute atomic E-state index is 0.0948.